The van der Waals surface area contributed by atoms with Gasteiger partial charge in [0.1, 0.15) is 11.6 Å². The predicted octanol–water partition coefficient (Wildman–Crippen LogP) is 1.01. The van der Waals surface area contributed by atoms with Gasteiger partial charge in [-0.05, 0) is 13.1 Å². The molecule has 5 nitrogen and oxygen atoms in total. The van der Waals surface area contributed by atoms with Gasteiger partial charge in [-0.3, -0.25) is 4.72 Å². The number of hydrogen-bond donors (Lipinski definition) is 3. The molecule has 0 heterocycles. The highest BCUT2D eigenvalue weighted by Gasteiger charge is 2.17. The lowest BCUT2D eigenvalue weighted by Crippen LogP contribution is -2.19. The van der Waals surface area contributed by atoms with Crippen LogP contribution in [0.5, 0.6) is 0 Å². The Labute approximate surface area is 116 Å². The summed E-state index contributed by atoms with van der Waals surface area (Å²) < 4.78 is 50.7. The summed E-state index contributed by atoms with van der Waals surface area (Å²) in [4.78, 5) is 0. The maximum atomic E-state index is 13.4. The first-order chi connectivity index (χ1) is 8.24. The Bertz CT molecular complexity index is 540. The summed E-state index contributed by atoms with van der Waals surface area (Å²) in [5.74, 6) is -1.98. The van der Waals surface area contributed by atoms with Gasteiger partial charge in [-0.2, -0.15) is 0 Å². The van der Waals surface area contributed by atoms with Crippen molar-refractivity contribution < 1.29 is 22.3 Å². The summed E-state index contributed by atoms with van der Waals surface area (Å²) in [6.07, 6.45) is -0.352. The molecule has 0 saturated carbocycles. The van der Waals surface area contributed by atoms with Crippen LogP contribution in [0.4, 0.5) is 14.5 Å². The lowest BCUT2D eigenvalue weighted by Gasteiger charge is -2.14. The number of aliphatic hydroxyl groups excluding tert-OH is 1. The first kappa shape index (κ1) is 18.0. The molecule has 1 atom stereocenters. The summed E-state index contributed by atoms with van der Waals surface area (Å²) in [5.41, 5.74) is -0.582. The van der Waals surface area contributed by atoms with Gasteiger partial charge in [0.25, 0.3) is 0 Å². The van der Waals surface area contributed by atoms with Crippen LogP contribution in [0.3, 0.4) is 0 Å². The maximum absolute atomic E-state index is 13.4. The van der Waals surface area contributed by atoms with Gasteiger partial charge in [0.2, 0.25) is 10.0 Å². The first-order valence-corrected chi connectivity index (χ1v) is 6.93. The van der Waals surface area contributed by atoms with Crippen LogP contribution < -0.4 is 10.0 Å². The SMILES string of the molecule is CNCC(O)c1cc(NS(C)(=O)=O)c(F)cc1F.Cl. The smallest absolute Gasteiger partial charge is 0.229 e. The maximum Gasteiger partial charge on any atom is 0.229 e. The minimum Gasteiger partial charge on any atom is -0.387 e. The van der Waals surface area contributed by atoms with E-state index in [-0.39, 0.29) is 24.5 Å². The number of aliphatic hydroxyl groups is 1. The first-order valence-electron chi connectivity index (χ1n) is 5.04. The Kier molecular flexibility index (Phi) is 6.64. The van der Waals surface area contributed by atoms with E-state index in [2.05, 4.69) is 5.32 Å². The van der Waals surface area contributed by atoms with Crippen molar-refractivity contribution in [1.82, 2.24) is 5.32 Å². The molecule has 19 heavy (non-hydrogen) atoms. The second-order valence-electron chi connectivity index (χ2n) is 3.80. The molecule has 0 bridgehead atoms. The number of likely N-dealkylation sites (N-methyl/N-ethyl adjacent to an activating group) is 1. The molecule has 1 unspecified atom stereocenters. The number of hydrogen-bond acceptors (Lipinski definition) is 4. The van der Waals surface area contributed by atoms with Gasteiger partial charge in [0.05, 0.1) is 18.0 Å². The molecule has 0 aliphatic carbocycles. The van der Waals surface area contributed by atoms with E-state index in [1.165, 1.54) is 0 Å². The fourth-order valence-electron chi connectivity index (χ4n) is 1.40. The number of halogens is 3. The van der Waals surface area contributed by atoms with Crippen LogP contribution in [0.25, 0.3) is 0 Å². The fraction of sp³-hybridized carbons (Fsp3) is 0.400. The zero-order valence-corrected chi connectivity index (χ0v) is 11.9. The molecule has 0 radical (unpaired) electrons. The second-order valence-corrected chi connectivity index (χ2v) is 5.55. The Morgan fingerprint density at radius 3 is 2.37 bits per heavy atom. The van der Waals surface area contributed by atoms with Crippen LogP contribution in [0.15, 0.2) is 12.1 Å². The summed E-state index contributed by atoms with van der Waals surface area (Å²) in [5, 5.41) is 12.2. The van der Waals surface area contributed by atoms with Gasteiger partial charge in [0.15, 0.2) is 0 Å². The number of anilines is 1. The summed E-state index contributed by atoms with van der Waals surface area (Å²) in [6.45, 7) is 0.0564. The van der Waals surface area contributed by atoms with Crippen LogP contribution in [0.1, 0.15) is 11.7 Å². The third kappa shape index (κ3) is 5.27. The van der Waals surface area contributed by atoms with Crippen LogP contribution in [0, 0.1) is 11.6 Å². The largest absolute Gasteiger partial charge is 0.387 e. The van der Waals surface area contributed by atoms with Crippen molar-refractivity contribution in [2.75, 3.05) is 24.6 Å². The van der Waals surface area contributed by atoms with Crippen molar-refractivity contribution in [2.45, 2.75) is 6.10 Å². The topological polar surface area (TPSA) is 78.4 Å². The lowest BCUT2D eigenvalue weighted by atomic mass is 10.1. The Hall–Kier alpha value is -0.960. The normalized spacial score (nSPS) is 12.7. The Morgan fingerprint density at radius 2 is 1.89 bits per heavy atom. The van der Waals surface area contributed by atoms with E-state index < -0.39 is 33.4 Å². The molecule has 0 aromatic heterocycles. The third-order valence-corrected chi connectivity index (χ3v) is 2.73. The standard InChI is InChI=1S/C10H14F2N2O3S.ClH/c1-13-5-10(15)6-3-9(14-18(2,16)17)8(12)4-7(6)11;/h3-4,10,13-15H,5H2,1-2H3;1H. The molecule has 0 spiro atoms. The molecule has 0 saturated heterocycles. The molecule has 9 heteroatoms. The average Bonchev–Trinajstić information content (AvgIpc) is 2.20. The Morgan fingerprint density at radius 1 is 1.32 bits per heavy atom. The number of rotatable bonds is 5. The lowest BCUT2D eigenvalue weighted by molar-refractivity contribution is 0.173. The second kappa shape index (κ2) is 6.99. The molecule has 110 valence electrons. The van der Waals surface area contributed by atoms with Crippen molar-refractivity contribution in [3.63, 3.8) is 0 Å². The van der Waals surface area contributed by atoms with Crippen molar-refractivity contribution in [3.8, 4) is 0 Å². The number of nitrogens with one attached hydrogen (secondary N) is 2. The molecule has 0 fully saturated rings. The van der Waals surface area contributed by atoms with Crippen molar-refractivity contribution in [3.05, 3.63) is 29.3 Å². The van der Waals surface area contributed by atoms with Gasteiger partial charge < -0.3 is 10.4 Å². The van der Waals surface area contributed by atoms with Crippen molar-refractivity contribution >= 4 is 28.1 Å². The van der Waals surface area contributed by atoms with E-state index >= 15 is 0 Å². The highest BCUT2D eigenvalue weighted by atomic mass is 35.5. The predicted molar refractivity (Wildman–Crippen MR) is 71.0 cm³/mol. The van der Waals surface area contributed by atoms with Crippen molar-refractivity contribution in [1.29, 1.82) is 0 Å². The van der Waals surface area contributed by atoms with E-state index in [0.717, 1.165) is 12.3 Å². The quantitative estimate of drug-likeness (QED) is 0.757. The van der Waals surface area contributed by atoms with Gasteiger partial charge in [-0.1, -0.05) is 0 Å². The third-order valence-electron chi connectivity index (χ3n) is 2.14. The fourth-order valence-corrected chi connectivity index (χ4v) is 1.96. The highest BCUT2D eigenvalue weighted by molar-refractivity contribution is 7.92. The summed E-state index contributed by atoms with van der Waals surface area (Å²) in [6, 6.07) is 1.47. The molecular weight excluding hydrogens is 302 g/mol. The zero-order valence-electron chi connectivity index (χ0n) is 10.3. The number of sulfonamides is 1. The highest BCUT2D eigenvalue weighted by Crippen LogP contribution is 2.24. The zero-order chi connectivity index (χ0) is 13.9. The van der Waals surface area contributed by atoms with E-state index in [1.807, 2.05) is 4.72 Å². The molecule has 1 aromatic rings. The minimum absolute atomic E-state index is 0. The minimum atomic E-state index is -3.68. The molecular formula is C10H15ClF2N2O3S. The van der Waals surface area contributed by atoms with Gasteiger partial charge in [-0.15, -0.1) is 12.4 Å². The molecule has 0 aliphatic rings. The molecule has 3 N–H and O–H groups in total. The Balaban J connectivity index is 0.00000324. The van der Waals surface area contributed by atoms with Crippen LogP contribution in [-0.4, -0.2) is 33.4 Å². The molecule has 1 rings (SSSR count). The summed E-state index contributed by atoms with van der Waals surface area (Å²) in [7, 11) is -2.12. The number of benzene rings is 1. The van der Waals surface area contributed by atoms with Gasteiger partial charge >= 0.3 is 0 Å². The van der Waals surface area contributed by atoms with Crippen LogP contribution >= 0.6 is 12.4 Å². The monoisotopic (exact) mass is 316 g/mol. The van der Waals surface area contributed by atoms with Crippen molar-refractivity contribution in [2.24, 2.45) is 0 Å². The van der Waals surface area contributed by atoms with Gasteiger partial charge in [0, 0.05) is 18.2 Å². The molecule has 0 amide bonds. The van der Waals surface area contributed by atoms with E-state index in [4.69, 9.17) is 0 Å². The van der Waals surface area contributed by atoms with E-state index in [0.29, 0.717) is 6.07 Å². The molecule has 0 aliphatic heterocycles. The average molecular weight is 317 g/mol. The molecule has 1 aromatic carbocycles. The van der Waals surface area contributed by atoms with Crippen LogP contribution in [0.2, 0.25) is 0 Å². The van der Waals surface area contributed by atoms with Gasteiger partial charge in [-0.25, -0.2) is 17.2 Å². The van der Waals surface area contributed by atoms with E-state index in [9.17, 15) is 22.3 Å². The summed E-state index contributed by atoms with van der Waals surface area (Å²) >= 11 is 0. The van der Waals surface area contributed by atoms with E-state index in [1.54, 1.807) is 7.05 Å². The van der Waals surface area contributed by atoms with Crippen LogP contribution in [-0.2, 0) is 10.0 Å².